The van der Waals surface area contributed by atoms with Gasteiger partial charge in [0.2, 0.25) is 0 Å². The van der Waals surface area contributed by atoms with Crippen LogP contribution in [0, 0.1) is 5.92 Å². The van der Waals surface area contributed by atoms with Crippen molar-refractivity contribution in [2.24, 2.45) is 5.92 Å². The van der Waals surface area contributed by atoms with Gasteiger partial charge in [-0.3, -0.25) is 0 Å². The fourth-order valence-corrected chi connectivity index (χ4v) is 1.68. The van der Waals surface area contributed by atoms with Crippen molar-refractivity contribution in [2.75, 3.05) is 13.1 Å². The van der Waals surface area contributed by atoms with Crippen LogP contribution in [0.15, 0.2) is 0 Å². The van der Waals surface area contributed by atoms with E-state index in [2.05, 4.69) is 0 Å². The first kappa shape index (κ1) is 12.4. The SMILES string of the molecule is [B]CC1CCN(C(=O)OC(C)(C)C)CC1. The van der Waals surface area contributed by atoms with Crippen LogP contribution in [0.2, 0.25) is 6.32 Å². The molecule has 0 saturated carbocycles. The summed E-state index contributed by atoms with van der Waals surface area (Å²) >= 11 is 0. The highest BCUT2D eigenvalue weighted by molar-refractivity contribution is 6.08. The minimum atomic E-state index is -0.401. The number of hydrogen-bond donors (Lipinski definition) is 0. The van der Waals surface area contributed by atoms with Crippen molar-refractivity contribution in [1.82, 2.24) is 4.90 Å². The molecule has 0 spiro atoms. The first-order valence-electron chi connectivity index (χ1n) is 5.60. The lowest BCUT2D eigenvalue weighted by atomic mass is 9.84. The van der Waals surface area contributed by atoms with E-state index in [1.165, 1.54) is 0 Å². The summed E-state index contributed by atoms with van der Waals surface area (Å²) in [7, 11) is 5.59. The van der Waals surface area contributed by atoms with Crippen molar-refractivity contribution in [1.29, 1.82) is 0 Å². The van der Waals surface area contributed by atoms with Crippen LogP contribution in [0.5, 0.6) is 0 Å². The number of hydrogen-bond acceptors (Lipinski definition) is 2. The van der Waals surface area contributed by atoms with Crippen LogP contribution in [0.4, 0.5) is 4.79 Å². The van der Waals surface area contributed by atoms with Crippen LogP contribution < -0.4 is 0 Å². The van der Waals surface area contributed by atoms with E-state index in [4.69, 9.17) is 12.6 Å². The molecule has 0 atom stereocenters. The molecule has 1 aliphatic rings. The molecule has 2 radical (unpaired) electrons. The van der Waals surface area contributed by atoms with Crippen molar-refractivity contribution < 1.29 is 9.53 Å². The Balaban J connectivity index is 2.37. The standard InChI is InChI=1S/C11H20BNO2/c1-11(2,3)15-10(14)13-6-4-9(8-12)5-7-13/h9H,4-8H2,1-3H3. The first-order valence-corrected chi connectivity index (χ1v) is 5.60. The average molecular weight is 209 g/mol. The largest absolute Gasteiger partial charge is 0.444 e. The zero-order valence-electron chi connectivity index (χ0n) is 9.95. The second-order valence-electron chi connectivity index (χ2n) is 5.15. The number of carbonyl (C=O) groups is 1. The fourth-order valence-electron chi connectivity index (χ4n) is 1.68. The maximum Gasteiger partial charge on any atom is 0.410 e. The summed E-state index contributed by atoms with van der Waals surface area (Å²) < 4.78 is 5.30. The fraction of sp³-hybridized carbons (Fsp3) is 0.909. The van der Waals surface area contributed by atoms with Gasteiger partial charge in [-0.1, -0.05) is 6.32 Å². The van der Waals surface area contributed by atoms with Gasteiger partial charge in [-0.05, 0) is 39.5 Å². The first-order chi connectivity index (χ1) is 6.92. The van der Waals surface area contributed by atoms with Crippen LogP contribution in [-0.4, -0.2) is 37.5 Å². The Morgan fingerprint density at radius 3 is 2.33 bits per heavy atom. The average Bonchev–Trinajstić information content (AvgIpc) is 2.15. The molecule has 0 aromatic rings. The van der Waals surface area contributed by atoms with Crippen molar-refractivity contribution >= 4 is 13.9 Å². The highest BCUT2D eigenvalue weighted by atomic mass is 16.6. The lowest BCUT2D eigenvalue weighted by Crippen LogP contribution is -2.41. The molecular weight excluding hydrogens is 189 g/mol. The Labute approximate surface area is 93.6 Å². The van der Waals surface area contributed by atoms with E-state index < -0.39 is 5.60 Å². The predicted molar refractivity (Wildman–Crippen MR) is 61.1 cm³/mol. The molecule has 3 nitrogen and oxygen atoms in total. The summed E-state index contributed by atoms with van der Waals surface area (Å²) in [4.78, 5) is 13.5. The summed E-state index contributed by atoms with van der Waals surface area (Å²) in [5.74, 6) is 0.573. The second kappa shape index (κ2) is 4.91. The summed E-state index contributed by atoms with van der Waals surface area (Å²) in [6.07, 6.45) is 2.52. The highest BCUT2D eigenvalue weighted by Crippen LogP contribution is 2.21. The van der Waals surface area contributed by atoms with E-state index in [9.17, 15) is 4.79 Å². The number of amides is 1. The Hall–Kier alpha value is -0.665. The Kier molecular flexibility index (Phi) is 4.06. The van der Waals surface area contributed by atoms with E-state index in [1.54, 1.807) is 4.90 Å². The van der Waals surface area contributed by atoms with Crippen molar-refractivity contribution in [3.63, 3.8) is 0 Å². The van der Waals surface area contributed by atoms with Gasteiger partial charge >= 0.3 is 6.09 Å². The third-order valence-corrected chi connectivity index (χ3v) is 2.60. The number of ether oxygens (including phenoxy) is 1. The minimum Gasteiger partial charge on any atom is -0.444 e. The summed E-state index contributed by atoms with van der Waals surface area (Å²) in [5.41, 5.74) is -0.401. The molecular formula is C11H20BNO2. The number of rotatable bonds is 1. The Morgan fingerprint density at radius 1 is 1.40 bits per heavy atom. The minimum absolute atomic E-state index is 0.196. The summed E-state index contributed by atoms with van der Waals surface area (Å²) in [5, 5.41) is 0. The third kappa shape index (κ3) is 4.14. The van der Waals surface area contributed by atoms with Crippen molar-refractivity contribution in [2.45, 2.75) is 45.5 Å². The lowest BCUT2D eigenvalue weighted by molar-refractivity contribution is 0.0190. The Bertz CT molecular complexity index is 217. The molecule has 0 aliphatic carbocycles. The van der Waals surface area contributed by atoms with Crippen LogP contribution in [-0.2, 0) is 4.74 Å². The van der Waals surface area contributed by atoms with E-state index in [1.807, 2.05) is 20.8 Å². The number of carbonyl (C=O) groups excluding carboxylic acids is 1. The molecule has 0 N–H and O–H groups in total. The highest BCUT2D eigenvalue weighted by Gasteiger charge is 2.25. The van der Waals surface area contributed by atoms with Crippen LogP contribution in [0.3, 0.4) is 0 Å². The van der Waals surface area contributed by atoms with E-state index in [0.29, 0.717) is 5.92 Å². The molecule has 1 amide bonds. The van der Waals surface area contributed by atoms with Gasteiger partial charge in [0, 0.05) is 13.1 Å². The van der Waals surface area contributed by atoms with Crippen LogP contribution in [0.25, 0.3) is 0 Å². The predicted octanol–water partition coefficient (Wildman–Crippen LogP) is 2.22. The molecule has 0 unspecified atom stereocenters. The molecule has 1 fully saturated rings. The normalized spacial score (nSPS) is 19.0. The molecule has 0 aromatic heterocycles. The molecule has 84 valence electrons. The second-order valence-corrected chi connectivity index (χ2v) is 5.15. The molecule has 4 heteroatoms. The van der Waals surface area contributed by atoms with E-state index >= 15 is 0 Å². The van der Waals surface area contributed by atoms with Crippen molar-refractivity contribution in [3.8, 4) is 0 Å². The maximum absolute atomic E-state index is 11.7. The van der Waals surface area contributed by atoms with Gasteiger partial charge in [0.05, 0.1) is 7.85 Å². The number of likely N-dealkylation sites (tertiary alicyclic amines) is 1. The van der Waals surface area contributed by atoms with Gasteiger partial charge in [0.15, 0.2) is 0 Å². The Morgan fingerprint density at radius 2 is 1.93 bits per heavy atom. The molecule has 1 heterocycles. The van der Waals surface area contributed by atoms with Gasteiger partial charge in [0.25, 0.3) is 0 Å². The quantitative estimate of drug-likeness (QED) is 0.619. The topological polar surface area (TPSA) is 29.5 Å². The third-order valence-electron chi connectivity index (χ3n) is 2.60. The maximum atomic E-state index is 11.7. The molecule has 1 saturated heterocycles. The zero-order chi connectivity index (χ0) is 11.5. The van der Waals surface area contributed by atoms with Gasteiger partial charge in [-0.25, -0.2) is 4.79 Å². The summed E-state index contributed by atoms with van der Waals surface area (Å²) in [6, 6.07) is 0. The van der Waals surface area contributed by atoms with E-state index in [0.717, 1.165) is 32.3 Å². The van der Waals surface area contributed by atoms with Gasteiger partial charge in [-0.15, -0.1) is 0 Å². The summed E-state index contributed by atoms with van der Waals surface area (Å²) in [6.45, 7) is 7.21. The van der Waals surface area contributed by atoms with Crippen LogP contribution in [0.1, 0.15) is 33.6 Å². The van der Waals surface area contributed by atoms with Gasteiger partial charge in [-0.2, -0.15) is 0 Å². The molecule has 1 rings (SSSR count). The monoisotopic (exact) mass is 209 g/mol. The zero-order valence-corrected chi connectivity index (χ0v) is 9.95. The van der Waals surface area contributed by atoms with Gasteiger partial charge in [0.1, 0.15) is 5.60 Å². The number of piperidine rings is 1. The van der Waals surface area contributed by atoms with Crippen LogP contribution >= 0.6 is 0 Å². The smallest absolute Gasteiger partial charge is 0.410 e. The lowest BCUT2D eigenvalue weighted by Gasteiger charge is -2.33. The van der Waals surface area contributed by atoms with Gasteiger partial charge < -0.3 is 9.64 Å². The number of nitrogens with zero attached hydrogens (tertiary/aromatic N) is 1. The van der Waals surface area contributed by atoms with Crippen molar-refractivity contribution in [3.05, 3.63) is 0 Å². The molecule has 15 heavy (non-hydrogen) atoms. The molecule has 0 aromatic carbocycles. The molecule has 1 aliphatic heterocycles. The molecule has 0 bridgehead atoms. The van der Waals surface area contributed by atoms with E-state index in [-0.39, 0.29) is 6.09 Å².